The van der Waals surface area contributed by atoms with Crippen molar-refractivity contribution in [3.8, 4) is 17.6 Å². The van der Waals surface area contributed by atoms with Crippen LogP contribution in [0.15, 0.2) is 42.5 Å². The third-order valence-corrected chi connectivity index (χ3v) is 3.58. The van der Waals surface area contributed by atoms with Gasteiger partial charge in [-0.3, -0.25) is 10.1 Å². The zero-order chi connectivity index (χ0) is 16.8. The zero-order valence-electron chi connectivity index (χ0n) is 12.9. The van der Waals surface area contributed by atoms with Crippen LogP contribution < -0.4 is 9.47 Å². The van der Waals surface area contributed by atoms with E-state index in [9.17, 15) is 15.4 Å². The second-order valence-electron chi connectivity index (χ2n) is 4.91. The first-order chi connectivity index (χ1) is 11.1. The van der Waals surface area contributed by atoms with E-state index in [0.29, 0.717) is 17.9 Å². The Morgan fingerprint density at radius 3 is 2.39 bits per heavy atom. The molecule has 0 saturated carbocycles. The van der Waals surface area contributed by atoms with Crippen molar-refractivity contribution in [2.45, 2.75) is 12.3 Å². The number of benzene rings is 2. The SMILES string of the molecule is COc1ccc(CC(C#N)c2ccc([N+](=O)[O-])cc2)c(OC)c1. The van der Waals surface area contributed by atoms with Gasteiger partial charge >= 0.3 is 0 Å². The summed E-state index contributed by atoms with van der Waals surface area (Å²) in [7, 11) is 3.13. The van der Waals surface area contributed by atoms with Gasteiger partial charge in [-0.2, -0.15) is 5.26 Å². The molecule has 0 N–H and O–H groups in total. The Bertz CT molecular complexity index is 735. The molecule has 1 atom stereocenters. The number of hydrogen-bond donors (Lipinski definition) is 0. The van der Waals surface area contributed by atoms with E-state index in [1.807, 2.05) is 12.1 Å². The fourth-order valence-electron chi connectivity index (χ4n) is 2.31. The Morgan fingerprint density at radius 1 is 1.17 bits per heavy atom. The number of non-ortho nitro benzene ring substituents is 1. The number of nitriles is 1. The van der Waals surface area contributed by atoms with Crippen molar-refractivity contribution >= 4 is 5.69 Å². The zero-order valence-corrected chi connectivity index (χ0v) is 12.9. The van der Waals surface area contributed by atoms with Crippen LogP contribution in [0.4, 0.5) is 5.69 Å². The van der Waals surface area contributed by atoms with Gasteiger partial charge in [-0.15, -0.1) is 0 Å². The van der Waals surface area contributed by atoms with Gasteiger partial charge in [0, 0.05) is 18.2 Å². The van der Waals surface area contributed by atoms with Gasteiger partial charge < -0.3 is 9.47 Å². The molecule has 2 aromatic rings. The summed E-state index contributed by atoms with van der Waals surface area (Å²) in [6.45, 7) is 0. The summed E-state index contributed by atoms with van der Waals surface area (Å²) >= 11 is 0. The van der Waals surface area contributed by atoms with Crippen molar-refractivity contribution in [2.24, 2.45) is 0 Å². The van der Waals surface area contributed by atoms with Crippen LogP contribution in [0.2, 0.25) is 0 Å². The number of hydrogen-bond acceptors (Lipinski definition) is 5. The van der Waals surface area contributed by atoms with Gasteiger partial charge in [-0.1, -0.05) is 18.2 Å². The van der Waals surface area contributed by atoms with E-state index in [2.05, 4.69) is 6.07 Å². The molecule has 118 valence electrons. The number of rotatable bonds is 6. The lowest BCUT2D eigenvalue weighted by Crippen LogP contribution is -2.03. The smallest absolute Gasteiger partial charge is 0.269 e. The summed E-state index contributed by atoms with van der Waals surface area (Å²) in [4.78, 5) is 10.2. The van der Waals surface area contributed by atoms with E-state index in [0.717, 1.165) is 11.1 Å². The van der Waals surface area contributed by atoms with E-state index in [4.69, 9.17) is 9.47 Å². The maximum absolute atomic E-state index is 10.7. The summed E-state index contributed by atoms with van der Waals surface area (Å²) in [5.74, 6) is 0.902. The van der Waals surface area contributed by atoms with Crippen molar-refractivity contribution in [1.82, 2.24) is 0 Å². The van der Waals surface area contributed by atoms with Crippen molar-refractivity contribution in [2.75, 3.05) is 14.2 Å². The number of nitrogens with zero attached hydrogens (tertiary/aromatic N) is 2. The van der Waals surface area contributed by atoms with Crippen LogP contribution in [0.5, 0.6) is 11.5 Å². The van der Waals surface area contributed by atoms with Gasteiger partial charge in [0.1, 0.15) is 11.5 Å². The lowest BCUT2D eigenvalue weighted by atomic mass is 9.92. The van der Waals surface area contributed by atoms with E-state index in [1.54, 1.807) is 32.4 Å². The fourth-order valence-corrected chi connectivity index (χ4v) is 2.31. The van der Waals surface area contributed by atoms with Crippen LogP contribution in [0.3, 0.4) is 0 Å². The molecule has 2 aromatic carbocycles. The number of methoxy groups -OCH3 is 2. The van der Waals surface area contributed by atoms with E-state index < -0.39 is 10.8 Å². The fraction of sp³-hybridized carbons (Fsp3) is 0.235. The van der Waals surface area contributed by atoms with Gasteiger partial charge in [0.15, 0.2) is 0 Å². The van der Waals surface area contributed by atoms with Crippen molar-refractivity contribution in [3.63, 3.8) is 0 Å². The van der Waals surface area contributed by atoms with Crippen LogP contribution in [0.25, 0.3) is 0 Å². The highest BCUT2D eigenvalue weighted by atomic mass is 16.6. The van der Waals surface area contributed by atoms with Crippen LogP contribution in [0.1, 0.15) is 17.0 Å². The molecule has 0 spiro atoms. The first-order valence-corrected chi connectivity index (χ1v) is 6.94. The van der Waals surface area contributed by atoms with Crippen LogP contribution in [-0.2, 0) is 6.42 Å². The summed E-state index contributed by atoms with van der Waals surface area (Å²) in [5, 5.41) is 20.1. The monoisotopic (exact) mass is 312 g/mol. The van der Waals surface area contributed by atoms with Gasteiger partial charge in [0.05, 0.1) is 31.1 Å². The molecule has 0 radical (unpaired) electrons. The predicted octanol–water partition coefficient (Wildman–Crippen LogP) is 3.46. The normalized spacial score (nSPS) is 11.3. The highest BCUT2D eigenvalue weighted by Gasteiger charge is 2.16. The standard InChI is InChI=1S/C17H16N2O4/c1-22-16-8-5-13(17(10-16)23-2)9-14(11-18)12-3-6-15(7-4-12)19(20)21/h3-8,10,14H,9H2,1-2H3. The number of nitro benzene ring substituents is 1. The van der Waals surface area contributed by atoms with Crippen molar-refractivity contribution < 1.29 is 14.4 Å². The Morgan fingerprint density at radius 2 is 1.87 bits per heavy atom. The molecule has 1 unspecified atom stereocenters. The molecule has 0 aromatic heterocycles. The van der Waals surface area contributed by atoms with Crippen molar-refractivity contribution in [3.05, 3.63) is 63.7 Å². The molecule has 0 heterocycles. The Hall–Kier alpha value is -3.07. The molecule has 0 amide bonds. The minimum absolute atomic E-state index is 0.00691. The van der Waals surface area contributed by atoms with E-state index in [1.165, 1.54) is 12.1 Å². The first kappa shape index (κ1) is 16.3. The molecule has 23 heavy (non-hydrogen) atoms. The lowest BCUT2D eigenvalue weighted by Gasteiger charge is -2.13. The average Bonchev–Trinajstić information content (AvgIpc) is 2.59. The number of nitro groups is 1. The highest BCUT2D eigenvalue weighted by Crippen LogP contribution is 2.30. The quantitative estimate of drug-likeness (QED) is 0.602. The third kappa shape index (κ3) is 3.77. The van der Waals surface area contributed by atoms with E-state index in [-0.39, 0.29) is 5.69 Å². The molecule has 6 heteroatoms. The third-order valence-electron chi connectivity index (χ3n) is 3.58. The van der Waals surface area contributed by atoms with Crippen LogP contribution in [-0.4, -0.2) is 19.1 Å². The first-order valence-electron chi connectivity index (χ1n) is 6.94. The van der Waals surface area contributed by atoms with Crippen LogP contribution >= 0.6 is 0 Å². The lowest BCUT2D eigenvalue weighted by molar-refractivity contribution is -0.384. The van der Waals surface area contributed by atoms with E-state index >= 15 is 0 Å². The van der Waals surface area contributed by atoms with Gasteiger partial charge in [-0.25, -0.2) is 0 Å². The molecule has 2 rings (SSSR count). The predicted molar refractivity (Wildman–Crippen MR) is 84.7 cm³/mol. The van der Waals surface area contributed by atoms with Gasteiger partial charge in [0.2, 0.25) is 0 Å². The molecule has 0 fully saturated rings. The summed E-state index contributed by atoms with van der Waals surface area (Å²) in [6, 6.07) is 13.7. The molecule has 0 bridgehead atoms. The minimum atomic E-state index is -0.461. The molecular weight excluding hydrogens is 296 g/mol. The number of ether oxygens (including phenoxy) is 2. The molecule has 6 nitrogen and oxygen atoms in total. The van der Waals surface area contributed by atoms with Crippen LogP contribution in [0, 0.1) is 21.4 Å². The molecule has 0 aliphatic heterocycles. The topological polar surface area (TPSA) is 85.4 Å². The second kappa shape index (κ2) is 7.27. The van der Waals surface area contributed by atoms with Gasteiger partial charge in [0.25, 0.3) is 5.69 Å². The second-order valence-corrected chi connectivity index (χ2v) is 4.91. The highest BCUT2D eigenvalue weighted by molar-refractivity contribution is 5.43. The summed E-state index contributed by atoms with van der Waals surface area (Å²) in [6.07, 6.45) is 0.446. The maximum Gasteiger partial charge on any atom is 0.269 e. The molecule has 0 saturated heterocycles. The summed E-state index contributed by atoms with van der Waals surface area (Å²) < 4.78 is 10.5. The Kier molecular flexibility index (Phi) is 5.15. The molecule has 0 aliphatic rings. The Labute approximate surface area is 134 Å². The molecular formula is C17H16N2O4. The Balaban J connectivity index is 2.26. The minimum Gasteiger partial charge on any atom is -0.497 e. The largest absolute Gasteiger partial charge is 0.497 e. The summed E-state index contributed by atoms with van der Waals surface area (Å²) in [5.41, 5.74) is 1.61. The van der Waals surface area contributed by atoms with Gasteiger partial charge in [-0.05, 0) is 23.6 Å². The molecule has 0 aliphatic carbocycles. The maximum atomic E-state index is 10.7. The van der Waals surface area contributed by atoms with Crippen molar-refractivity contribution in [1.29, 1.82) is 5.26 Å². The average molecular weight is 312 g/mol.